The highest BCUT2D eigenvalue weighted by atomic mass is 16.5. The molecule has 0 aliphatic rings. The second-order valence-electron chi connectivity index (χ2n) is 7.40. The zero-order valence-electron chi connectivity index (χ0n) is 18.1. The first-order chi connectivity index (χ1) is 15.6. The lowest BCUT2D eigenvalue weighted by Crippen LogP contribution is -1.98. The molecule has 0 saturated heterocycles. The van der Waals surface area contributed by atoms with Gasteiger partial charge in [0.25, 0.3) is 0 Å². The van der Waals surface area contributed by atoms with E-state index in [0.29, 0.717) is 12.8 Å². The predicted octanol–water partition coefficient (Wildman–Crippen LogP) is 5.19. The van der Waals surface area contributed by atoms with Crippen LogP contribution >= 0.6 is 0 Å². The summed E-state index contributed by atoms with van der Waals surface area (Å²) >= 11 is 0. The van der Waals surface area contributed by atoms with Gasteiger partial charge in [0.1, 0.15) is 0 Å². The van der Waals surface area contributed by atoms with E-state index in [1.807, 2.05) is 12.1 Å². The number of benzene rings is 4. The zero-order chi connectivity index (χ0) is 22.5. The normalized spacial score (nSPS) is 10.4. The standard InChI is InChI=1S/C28H22O4/c1-31-25(29)9-5-3-7-19-11-13-21-16-18-24-20(8-4-6-10-26(30)32-2)12-14-22-15-17-23(19)27(21)28(22)24/h11-18H,5-6,9-10H2,1-2H3. The molecule has 4 aromatic carbocycles. The smallest absolute Gasteiger partial charge is 0.306 e. The fraction of sp³-hybridized carbons (Fsp3) is 0.214. The van der Waals surface area contributed by atoms with Gasteiger partial charge in [0.2, 0.25) is 0 Å². The number of rotatable bonds is 4. The van der Waals surface area contributed by atoms with E-state index in [-0.39, 0.29) is 24.8 Å². The third kappa shape index (κ3) is 4.22. The molecule has 0 aromatic heterocycles. The van der Waals surface area contributed by atoms with Crippen LogP contribution in [0.5, 0.6) is 0 Å². The third-order valence-corrected chi connectivity index (χ3v) is 5.47. The molecule has 0 bridgehead atoms. The van der Waals surface area contributed by atoms with Gasteiger partial charge in [0.15, 0.2) is 0 Å². The van der Waals surface area contributed by atoms with E-state index < -0.39 is 0 Å². The van der Waals surface area contributed by atoms with Gasteiger partial charge < -0.3 is 9.47 Å². The van der Waals surface area contributed by atoms with Crippen LogP contribution in [0, 0.1) is 23.7 Å². The molecule has 0 amide bonds. The lowest BCUT2D eigenvalue weighted by atomic mass is 9.90. The van der Waals surface area contributed by atoms with Gasteiger partial charge in [-0.2, -0.15) is 0 Å². The molecule has 32 heavy (non-hydrogen) atoms. The number of methoxy groups -OCH3 is 2. The van der Waals surface area contributed by atoms with Crippen LogP contribution in [-0.2, 0) is 19.1 Å². The van der Waals surface area contributed by atoms with Gasteiger partial charge in [-0.05, 0) is 44.5 Å². The van der Waals surface area contributed by atoms with Gasteiger partial charge in [-0.15, -0.1) is 0 Å². The molecule has 0 unspecified atom stereocenters. The highest BCUT2D eigenvalue weighted by molar-refractivity contribution is 6.24. The summed E-state index contributed by atoms with van der Waals surface area (Å²) in [5.41, 5.74) is 1.87. The average Bonchev–Trinajstić information content (AvgIpc) is 2.83. The van der Waals surface area contributed by atoms with Crippen molar-refractivity contribution in [3.63, 3.8) is 0 Å². The maximum absolute atomic E-state index is 11.3. The Balaban J connectivity index is 1.76. The molecule has 0 aliphatic carbocycles. The van der Waals surface area contributed by atoms with E-state index >= 15 is 0 Å². The van der Waals surface area contributed by atoms with Crippen molar-refractivity contribution in [3.05, 3.63) is 59.7 Å². The van der Waals surface area contributed by atoms with E-state index in [1.54, 1.807) is 0 Å². The van der Waals surface area contributed by atoms with Crippen LogP contribution in [0.25, 0.3) is 32.3 Å². The molecule has 0 radical (unpaired) electrons. The first-order valence-corrected chi connectivity index (χ1v) is 10.4. The van der Waals surface area contributed by atoms with Gasteiger partial charge in [-0.1, -0.05) is 60.1 Å². The Kier molecular flexibility index (Phi) is 6.24. The number of ether oxygens (including phenoxy) is 2. The molecule has 0 heterocycles. The number of carbonyl (C=O) groups is 2. The summed E-state index contributed by atoms with van der Waals surface area (Å²) in [6, 6.07) is 16.7. The Morgan fingerprint density at radius 3 is 1.47 bits per heavy atom. The monoisotopic (exact) mass is 422 g/mol. The van der Waals surface area contributed by atoms with Crippen molar-refractivity contribution in [1.82, 2.24) is 0 Å². The summed E-state index contributed by atoms with van der Waals surface area (Å²) in [5, 5.41) is 6.79. The highest BCUT2D eigenvalue weighted by Crippen LogP contribution is 2.37. The van der Waals surface area contributed by atoms with E-state index in [2.05, 4.69) is 69.6 Å². The van der Waals surface area contributed by atoms with Crippen molar-refractivity contribution in [2.45, 2.75) is 25.7 Å². The summed E-state index contributed by atoms with van der Waals surface area (Å²) in [5.74, 6) is 12.1. The Morgan fingerprint density at radius 1 is 0.656 bits per heavy atom. The maximum Gasteiger partial charge on any atom is 0.306 e. The average molecular weight is 422 g/mol. The quantitative estimate of drug-likeness (QED) is 0.258. The van der Waals surface area contributed by atoms with Crippen molar-refractivity contribution in [2.24, 2.45) is 0 Å². The molecule has 0 N–H and O–H groups in total. The Morgan fingerprint density at radius 2 is 1.06 bits per heavy atom. The van der Waals surface area contributed by atoms with Crippen molar-refractivity contribution in [1.29, 1.82) is 0 Å². The number of esters is 2. The summed E-state index contributed by atoms with van der Waals surface area (Å²) in [6.45, 7) is 0. The first-order valence-electron chi connectivity index (χ1n) is 10.4. The minimum absolute atomic E-state index is 0.255. The highest BCUT2D eigenvalue weighted by Gasteiger charge is 2.12. The largest absolute Gasteiger partial charge is 0.469 e. The van der Waals surface area contributed by atoms with E-state index in [4.69, 9.17) is 0 Å². The SMILES string of the molecule is COC(=O)CCC#Cc1ccc2ccc3c(C#CCCC(=O)OC)ccc4ccc1c2c43. The van der Waals surface area contributed by atoms with Crippen LogP contribution in [-0.4, -0.2) is 26.2 Å². The van der Waals surface area contributed by atoms with E-state index in [1.165, 1.54) is 14.2 Å². The van der Waals surface area contributed by atoms with Crippen LogP contribution in [0.2, 0.25) is 0 Å². The number of carbonyl (C=O) groups excluding carboxylic acids is 2. The minimum Gasteiger partial charge on any atom is -0.469 e. The summed E-state index contributed by atoms with van der Waals surface area (Å²) in [6.07, 6.45) is 1.49. The molecular weight excluding hydrogens is 400 g/mol. The molecular formula is C28H22O4. The Bertz CT molecular complexity index is 1330. The second-order valence-corrected chi connectivity index (χ2v) is 7.40. The van der Waals surface area contributed by atoms with Crippen molar-refractivity contribution in [3.8, 4) is 23.7 Å². The molecule has 0 atom stereocenters. The predicted molar refractivity (Wildman–Crippen MR) is 126 cm³/mol. The molecule has 4 nitrogen and oxygen atoms in total. The van der Waals surface area contributed by atoms with Crippen LogP contribution in [0.1, 0.15) is 36.8 Å². The molecule has 4 heteroatoms. The molecule has 0 saturated carbocycles. The van der Waals surface area contributed by atoms with Crippen molar-refractivity contribution >= 4 is 44.3 Å². The fourth-order valence-electron chi connectivity index (χ4n) is 3.87. The summed E-state index contributed by atoms with van der Waals surface area (Å²) in [4.78, 5) is 22.6. The van der Waals surface area contributed by atoms with Gasteiger partial charge in [0, 0.05) is 24.0 Å². The van der Waals surface area contributed by atoms with Gasteiger partial charge in [-0.3, -0.25) is 9.59 Å². The van der Waals surface area contributed by atoms with Crippen LogP contribution < -0.4 is 0 Å². The summed E-state index contributed by atoms with van der Waals surface area (Å²) < 4.78 is 9.35. The number of hydrogen-bond donors (Lipinski definition) is 0. The minimum atomic E-state index is -0.255. The topological polar surface area (TPSA) is 52.6 Å². The van der Waals surface area contributed by atoms with Crippen molar-refractivity contribution in [2.75, 3.05) is 14.2 Å². The molecule has 0 fully saturated rings. The molecule has 0 aliphatic heterocycles. The van der Waals surface area contributed by atoms with Crippen molar-refractivity contribution < 1.29 is 19.1 Å². The number of hydrogen-bond acceptors (Lipinski definition) is 4. The molecule has 4 aromatic rings. The summed E-state index contributed by atoms with van der Waals surface area (Å²) in [7, 11) is 2.77. The zero-order valence-corrected chi connectivity index (χ0v) is 18.1. The van der Waals surface area contributed by atoms with E-state index in [0.717, 1.165) is 43.4 Å². The first kappa shape index (κ1) is 21.2. The maximum atomic E-state index is 11.3. The van der Waals surface area contributed by atoms with Crippen LogP contribution in [0.15, 0.2) is 48.5 Å². The van der Waals surface area contributed by atoms with Crippen LogP contribution in [0.4, 0.5) is 0 Å². The lowest BCUT2D eigenvalue weighted by Gasteiger charge is -2.13. The van der Waals surface area contributed by atoms with Gasteiger partial charge >= 0.3 is 11.9 Å². The lowest BCUT2D eigenvalue weighted by molar-refractivity contribution is -0.141. The molecule has 0 spiro atoms. The fourth-order valence-corrected chi connectivity index (χ4v) is 3.87. The van der Waals surface area contributed by atoms with Gasteiger partial charge in [-0.25, -0.2) is 0 Å². The van der Waals surface area contributed by atoms with Gasteiger partial charge in [0.05, 0.1) is 27.1 Å². The second kappa shape index (κ2) is 9.41. The molecule has 4 rings (SSSR count). The van der Waals surface area contributed by atoms with E-state index in [9.17, 15) is 9.59 Å². The third-order valence-electron chi connectivity index (χ3n) is 5.47. The Hall–Kier alpha value is -4.02. The molecule has 158 valence electrons. The Labute approximate surface area is 186 Å². The van der Waals surface area contributed by atoms with Crippen LogP contribution in [0.3, 0.4) is 0 Å².